The normalized spacial score (nSPS) is 16.0. The van der Waals surface area contributed by atoms with E-state index in [9.17, 15) is 9.59 Å². The molecule has 1 heterocycles. The van der Waals surface area contributed by atoms with Gasteiger partial charge in [0.1, 0.15) is 0 Å². The van der Waals surface area contributed by atoms with E-state index in [-0.39, 0.29) is 17.7 Å². The fourth-order valence-corrected chi connectivity index (χ4v) is 3.01. The number of amides is 2. The molecule has 1 aromatic rings. The molecule has 0 radical (unpaired) electrons. The van der Waals surface area contributed by atoms with E-state index < -0.39 is 0 Å². The molecular formula is C19H29N3O2. The highest BCUT2D eigenvalue weighted by Crippen LogP contribution is 2.19. The zero-order valence-corrected chi connectivity index (χ0v) is 15.0. The van der Waals surface area contributed by atoms with Gasteiger partial charge in [0.05, 0.1) is 6.54 Å². The molecule has 0 unspecified atom stereocenters. The smallest absolute Gasteiger partial charge is 0.238 e. The van der Waals surface area contributed by atoms with Crippen LogP contribution in [0.25, 0.3) is 0 Å². The van der Waals surface area contributed by atoms with E-state index >= 15 is 0 Å². The number of carbonyl (C=O) groups excluding carboxylic acids is 2. The van der Waals surface area contributed by atoms with E-state index in [0.29, 0.717) is 6.54 Å². The minimum atomic E-state index is 0.0117. The van der Waals surface area contributed by atoms with Crippen molar-refractivity contribution in [3.63, 3.8) is 0 Å². The molecule has 1 aromatic carbocycles. The van der Waals surface area contributed by atoms with Crippen molar-refractivity contribution < 1.29 is 9.59 Å². The predicted octanol–water partition coefficient (Wildman–Crippen LogP) is 2.48. The predicted molar refractivity (Wildman–Crippen MR) is 97.0 cm³/mol. The summed E-state index contributed by atoms with van der Waals surface area (Å²) in [6.45, 7) is 8.79. The quantitative estimate of drug-likeness (QED) is 0.842. The molecule has 0 aromatic heterocycles. The van der Waals surface area contributed by atoms with Gasteiger partial charge in [-0.15, -0.1) is 0 Å². The minimum absolute atomic E-state index is 0.0117. The van der Waals surface area contributed by atoms with Crippen LogP contribution in [-0.2, 0) is 9.59 Å². The summed E-state index contributed by atoms with van der Waals surface area (Å²) in [5.41, 5.74) is 3.09. The third-order valence-electron chi connectivity index (χ3n) is 4.54. The van der Waals surface area contributed by atoms with E-state index in [4.69, 9.17) is 0 Å². The molecular weight excluding hydrogens is 302 g/mol. The molecule has 0 aliphatic carbocycles. The SMILES string of the molecule is CCCNC(=O)C1CCN(CC(=O)Nc2cc(C)ccc2C)CC1. The number of hydrogen-bond acceptors (Lipinski definition) is 3. The molecule has 2 amide bonds. The Bertz CT molecular complexity index is 578. The summed E-state index contributed by atoms with van der Waals surface area (Å²) < 4.78 is 0. The Labute approximate surface area is 144 Å². The molecule has 0 bridgehead atoms. The van der Waals surface area contributed by atoms with E-state index in [1.807, 2.05) is 32.0 Å². The second-order valence-corrected chi connectivity index (χ2v) is 6.71. The first kappa shape index (κ1) is 18.5. The summed E-state index contributed by atoms with van der Waals surface area (Å²) in [6.07, 6.45) is 2.61. The molecule has 5 heteroatoms. The standard InChI is InChI=1S/C19H29N3O2/c1-4-9-20-19(24)16-7-10-22(11-8-16)13-18(23)21-17-12-14(2)5-6-15(17)3/h5-6,12,16H,4,7-11,13H2,1-3H3,(H,20,24)(H,21,23). The van der Waals surface area contributed by atoms with Gasteiger partial charge in [-0.2, -0.15) is 0 Å². The first-order chi connectivity index (χ1) is 11.5. The molecule has 1 fully saturated rings. The molecule has 1 saturated heterocycles. The van der Waals surface area contributed by atoms with Crippen molar-refractivity contribution in [1.82, 2.24) is 10.2 Å². The Morgan fingerprint density at radius 3 is 2.58 bits per heavy atom. The van der Waals surface area contributed by atoms with Crippen molar-refractivity contribution in [3.05, 3.63) is 29.3 Å². The largest absolute Gasteiger partial charge is 0.356 e. The maximum absolute atomic E-state index is 12.3. The number of hydrogen-bond donors (Lipinski definition) is 2. The highest BCUT2D eigenvalue weighted by molar-refractivity contribution is 5.93. The Morgan fingerprint density at radius 2 is 1.92 bits per heavy atom. The van der Waals surface area contributed by atoms with Crippen molar-refractivity contribution in [2.45, 2.75) is 40.0 Å². The van der Waals surface area contributed by atoms with Crippen LogP contribution in [0, 0.1) is 19.8 Å². The lowest BCUT2D eigenvalue weighted by atomic mass is 9.96. The highest BCUT2D eigenvalue weighted by Gasteiger charge is 2.25. The molecule has 0 spiro atoms. The summed E-state index contributed by atoms with van der Waals surface area (Å²) in [5, 5.41) is 5.97. The lowest BCUT2D eigenvalue weighted by Crippen LogP contribution is -2.43. The molecule has 1 aliphatic rings. The molecule has 5 nitrogen and oxygen atoms in total. The van der Waals surface area contributed by atoms with Crippen LogP contribution in [-0.4, -0.2) is 42.9 Å². The average molecular weight is 331 g/mol. The van der Waals surface area contributed by atoms with Crippen molar-refractivity contribution in [2.24, 2.45) is 5.92 Å². The molecule has 1 aliphatic heterocycles. The number of nitrogens with zero attached hydrogens (tertiary/aromatic N) is 1. The van der Waals surface area contributed by atoms with Crippen molar-refractivity contribution >= 4 is 17.5 Å². The van der Waals surface area contributed by atoms with Gasteiger partial charge in [0.25, 0.3) is 0 Å². The number of carbonyl (C=O) groups is 2. The van der Waals surface area contributed by atoms with Crippen LogP contribution in [0.3, 0.4) is 0 Å². The monoisotopic (exact) mass is 331 g/mol. The molecule has 2 N–H and O–H groups in total. The van der Waals surface area contributed by atoms with Crippen LogP contribution in [0.4, 0.5) is 5.69 Å². The maximum atomic E-state index is 12.3. The van der Waals surface area contributed by atoms with Crippen molar-refractivity contribution in [3.8, 4) is 0 Å². The fourth-order valence-electron chi connectivity index (χ4n) is 3.01. The highest BCUT2D eigenvalue weighted by atomic mass is 16.2. The number of benzene rings is 1. The fraction of sp³-hybridized carbons (Fsp3) is 0.579. The van der Waals surface area contributed by atoms with Gasteiger partial charge in [-0.25, -0.2) is 0 Å². The number of piperidine rings is 1. The Hall–Kier alpha value is -1.88. The molecule has 0 saturated carbocycles. The number of anilines is 1. The van der Waals surface area contributed by atoms with Gasteiger partial charge >= 0.3 is 0 Å². The number of aryl methyl sites for hydroxylation is 2. The van der Waals surface area contributed by atoms with Gasteiger partial charge < -0.3 is 10.6 Å². The molecule has 132 valence electrons. The third-order valence-corrected chi connectivity index (χ3v) is 4.54. The summed E-state index contributed by atoms with van der Waals surface area (Å²) in [7, 11) is 0. The number of nitrogens with one attached hydrogen (secondary N) is 2. The topological polar surface area (TPSA) is 61.4 Å². The van der Waals surface area contributed by atoms with Gasteiger partial charge in [0, 0.05) is 18.2 Å². The second kappa shape index (κ2) is 8.83. The van der Waals surface area contributed by atoms with E-state index in [1.165, 1.54) is 0 Å². The van der Waals surface area contributed by atoms with Crippen LogP contribution in [0.2, 0.25) is 0 Å². The summed E-state index contributed by atoms with van der Waals surface area (Å²) in [4.78, 5) is 26.4. The first-order valence-electron chi connectivity index (χ1n) is 8.86. The van der Waals surface area contributed by atoms with E-state index in [0.717, 1.165) is 55.7 Å². The van der Waals surface area contributed by atoms with Gasteiger partial charge in [0.2, 0.25) is 11.8 Å². The average Bonchev–Trinajstić information content (AvgIpc) is 2.56. The summed E-state index contributed by atoms with van der Waals surface area (Å²) in [6, 6.07) is 6.06. The Morgan fingerprint density at radius 1 is 1.21 bits per heavy atom. The second-order valence-electron chi connectivity index (χ2n) is 6.71. The van der Waals surface area contributed by atoms with Crippen molar-refractivity contribution in [1.29, 1.82) is 0 Å². The lowest BCUT2D eigenvalue weighted by Gasteiger charge is -2.30. The van der Waals surface area contributed by atoms with Crippen molar-refractivity contribution in [2.75, 3.05) is 31.5 Å². The number of rotatable bonds is 6. The minimum Gasteiger partial charge on any atom is -0.356 e. The molecule has 0 atom stereocenters. The van der Waals surface area contributed by atoms with Crippen LogP contribution in [0.1, 0.15) is 37.3 Å². The van der Waals surface area contributed by atoms with Crippen LogP contribution >= 0.6 is 0 Å². The van der Waals surface area contributed by atoms with Gasteiger partial charge in [-0.3, -0.25) is 14.5 Å². The van der Waals surface area contributed by atoms with Gasteiger partial charge in [0.15, 0.2) is 0 Å². The summed E-state index contributed by atoms with van der Waals surface area (Å²) in [5.74, 6) is 0.267. The third kappa shape index (κ3) is 5.34. The Balaban J connectivity index is 1.78. The van der Waals surface area contributed by atoms with Gasteiger partial charge in [-0.1, -0.05) is 19.1 Å². The van der Waals surface area contributed by atoms with Crippen LogP contribution < -0.4 is 10.6 Å². The van der Waals surface area contributed by atoms with Crippen LogP contribution in [0.15, 0.2) is 18.2 Å². The van der Waals surface area contributed by atoms with E-state index in [2.05, 4.69) is 22.5 Å². The Kier molecular flexibility index (Phi) is 6.79. The molecule has 2 rings (SSSR count). The zero-order valence-electron chi connectivity index (χ0n) is 15.0. The van der Waals surface area contributed by atoms with Crippen LogP contribution in [0.5, 0.6) is 0 Å². The first-order valence-corrected chi connectivity index (χ1v) is 8.86. The van der Waals surface area contributed by atoms with Gasteiger partial charge in [-0.05, 0) is 63.4 Å². The van der Waals surface area contributed by atoms with E-state index in [1.54, 1.807) is 0 Å². The maximum Gasteiger partial charge on any atom is 0.238 e. The summed E-state index contributed by atoms with van der Waals surface area (Å²) >= 11 is 0. The molecule has 24 heavy (non-hydrogen) atoms. The number of likely N-dealkylation sites (tertiary alicyclic amines) is 1. The lowest BCUT2D eigenvalue weighted by molar-refractivity contribution is -0.126. The zero-order chi connectivity index (χ0) is 17.5.